The van der Waals surface area contributed by atoms with Crippen molar-refractivity contribution in [1.29, 1.82) is 0 Å². The van der Waals surface area contributed by atoms with E-state index in [4.69, 9.17) is 0 Å². The van der Waals surface area contributed by atoms with Gasteiger partial charge in [-0.2, -0.15) is 11.8 Å². The Morgan fingerprint density at radius 3 is 2.27 bits per heavy atom. The average molecular weight is 381 g/mol. The Kier molecular flexibility index (Phi) is 9.75. The lowest BCUT2D eigenvalue weighted by atomic mass is 10.1. The summed E-state index contributed by atoms with van der Waals surface area (Å²) in [5, 5.41) is 8.10. The second-order valence-electron chi connectivity index (χ2n) is 6.22. The number of carbonyl (C=O) groups is 3. The number of hydrogen-bond acceptors (Lipinski definition) is 5. The SMILES string of the molecule is CNC(=O)[C@H](CSCC(CN(C)C)C(=O)Nc1ccccc1)NC(C)=O. The molecular formula is C18H28N4O3S. The van der Waals surface area contributed by atoms with Gasteiger partial charge in [0.2, 0.25) is 17.7 Å². The van der Waals surface area contributed by atoms with Gasteiger partial charge in [-0.1, -0.05) is 18.2 Å². The van der Waals surface area contributed by atoms with Crippen LogP contribution in [-0.2, 0) is 14.4 Å². The van der Waals surface area contributed by atoms with Gasteiger partial charge >= 0.3 is 0 Å². The minimum absolute atomic E-state index is 0.0616. The quantitative estimate of drug-likeness (QED) is 0.558. The van der Waals surface area contributed by atoms with Crippen LogP contribution in [0.4, 0.5) is 5.69 Å². The highest BCUT2D eigenvalue weighted by Gasteiger charge is 2.23. The molecule has 8 heteroatoms. The first-order valence-electron chi connectivity index (χ1n) is 8.40. The number of carbonyl (C=O) groups excluding carboxylic acids is 3. The van der Waals surface area contributed by atoms with Crippen molar-refractivity contribution < 1.29 is 14.4 Å². The predicted molar refractivity (Wildman–Crippen MR) is 106 cm³/mol. The van der Waals surface area contributed by atoms with Crippen molar-refractivity contribution in [2.75, 3.05) is 44.5 Å². The van der Waals surface area contributed by atoms with Crippen molar-refractivity contribution in [2.24, 2.45) is 5.92 Å². The number of hydrogen-bond donors (Lipinski definition) is 3. The zero-order valence-electron chi connectivity index (χ0n) is 15.7. The summed E-state index contributed by atoms with van der Waals surface area (Å²) in [7, 11) is 5.36. The molecule has 0 aliphatic heterocycles. The molecule has 2 atom stereocenters. The highest BCUT2D eigenvalue weighted by molar-refractivity contribution is 7.99. The second-order valence-corrected chi connectivity index (χ2v) is 7.29. The summed E-state index contributed by atoms with van der Waals surface area (Å²) < 4.78 is 0. The van der Waals surface area contributed by atoms with E-state index < -0.39 is 6.04 Å². The first-order chi connectivity index (χ1) is 12.3. The molecule has 0 fully saturated rings. The first kappa shape index (κ1) is 22.0. The lowest BCUT2D eigenvalue weighted by molar-refractivity contribution is -0.127. The Balaban J connectivity index is 2.64. The molecule has 1 unspecified atom stereocenters. The van der Waals surface area contributed by atoms with Gasteiger partial charge < -0.3 is 20.9 Å². The van der Waals surface area contributed by atoms with Gasteiger partial charge in [-0.3, -0.25) is 14.4 Å². The van der Waals surface area contributed by atoms with E-state index in [-0.39, 0.29) is 23.6 Å². The molecule has 0 aliphatic rings. The largest absolute Gasteiger partial charge is 0.357 e. The standard InChI is InChI=1S/C18H28N4O3S/c1-13(23)20-16(18(25)19-2)12-26-11-14(10-22(3)4)17(24)21-15-8-6-5-7-9-15/h5-9,14,16H,10-12H2,1-4H3,(H,19,25)(H,20,23)(H,21,24)/t14?,16-/m0/s1. The van der Waals surface area contributed by atoms with Gasteiger partial charge in [0.05, 0.1) is 5.92 Å². The van der Waals surface area contributed by atoms with E-state index in [1.807, 2.05) is 49.3 Å². The van der Waals surface area contributed by atoms with Crippen molar-refractivity contribution in [3.8, 4) is 0 Å². The fourth-order valence-corrected chi connectivity index (χ4v) is 3.50. The van der Waals surface area contributed by atoms with Crippen molar-refractivity contribution in [3.63, 3.8) is 0 Å². The second kappa shape index (κ2) is 11.5. The third-order valence-corrected chi connectivity index (χ3v) is 4.75. The molecule has 0 bridgehead atoms. The number of anilines is 1. The summed E-state index contributed by atoms with van der Waals surface area (Å²) in [6, 6.07) is 8.70. The minimum Gasteiger partial charge on any atom is -0.357 e. The number of rotatable bonds is 10. The molecular weight excluding hydrogens is 352 g/mol. The van der Waals surface area contributed by atoms with Crippen LogP contribution in [-0.4, -0.2) is 67.9 Å². The summed E-state index contributed by atoms with van der Waals surface area (Å²) >= 11 is 1.47. The molecule has 1 aromatic carbocycles. The van der Waals surface area contributed by atoms with Crippen LogP contribution in [0.5, 0.6) is 0 Å². The average Bonchev–Trinajstić information content (AvgIpc) is 2.59. The lowest BCUT2D eigenvalue weighted by Crippen LogP contribution is -2.46. The molecule has 0 radical (unpaired) electrons. The lowest BCUT2D eigenvalue weighted by Gasteiger charge is -2.22. The maximum Gasteiger partial charge on any atom is 0.243 e. The Morgan fingerprint density at radius 2 is 1.73 bits per heavy atom. The molecule has 3 amide bonds. The summed E-state index contributed by atoms with van der Waals surface area (Å²) in [5.41, 5.74) is 0.757. The number of amides is 3. The summed E-state index contributed by atoms with van der Waals surface area (Å²) in [4.78, 5) is 37.7. The fourth-order valence-electron chi connectivity index (χ4n) is 2.35. The van der Waals surface area contributed by atoms with Gasteiger partial charge in [0.15, 0.2) is 0 Å². The maximum atomic E-state index is 12.6. The number of thioether (sulfide) groups is 1. The number of likely N-dealkylation sites (N-methyl/N-ethyl adjacent to an activating group) is 1. The maximum absolute atomic E-state index is 12.6. The highest BCUT2D eigenvalue weighted by atomic mass is 32.2. The van der Waals surface area contributed by atoms with Crippen molar-refractivity contribution in [2.45, 2.75) is 13.0 Å². The number of nitrogens with zero attached hydrogens (tertiary/aromatic N) is 1. The Morgan fingerprint density at radius 1 is 1.08 bits per heavy atom. The molecule has 3 N–H and O–H groups in total. The van der Waals surface area contributed by atoms with E-state index in [0.29, 0.717) is 18.1 Å². The predicted octanol–water partition coefficient (Wildman–Crippen LogP) is 0.787. The third-order valence-electron chi connectivity index (χ3n) is 3.54. The van der Waals surface area contributed by atoms with Crippen molar-refractivity contribution in [1.82, 2.24) is 15.5 Å². The van der Waals surface area contributed by atoms with Crippen LogP contribution in [0.3, 0.4) is 0 Å². The monoisotopic (exact) mass is 380 g/mol. The van der Waals surface area contributed by atoms with Gasteiger partial charge in [0.1, 0.15) is 6.04 Å². The normalized spacial score (nSPS) is 13.0. The van der Waals surface area contributed by atoms with Crippen LogP contribution in [0.25, 0.3) is 0 Å². The smallest absolute Gasteiger partial charge is 0.243 e. The van der Waals surface area contributed by atoms with Crippen LogP contribution in [0.1, 0.15) is 6.92 Å². The Labute approximate surface area is 159 Å². The van der Waals surface area contributed by atoms with E-state index in [0.717, 1.165) is 5.69 Å². The first-order valence-corrected chi connectivity index (χ1v) is 9.56. The van der Waals surface area contributed by atoms with Crippen LogP contribution >= 0.6 is 11.8 Å². The molecule has 0 aliphatic carbocycles. The van der Waals surface area contributed by atoms with Gasteiger partial charge in [0, 0.05) is 37.7 Å². The Bertz CT molecular complexity index is 595. The molecule has 0 saturated carbocycles. The zero-order valence-corrected chi connectivity index (χ0v) is 16.6. The molecule has 26 heavy (non-hydrogen) atoms. The molecule has 144 valence electrons. The van der Waals surface area contributed by atoms with Crippen LogP contribution in [0.2, 0.25) is 0 Å². The van der Waals surface area contributed by atoms with E-state index in [1.54, 1.807) is 0 Å². The summed E-state index contributed by atoms with van der Waals surface area (Å²) in [5.74, 6) is 0.147. The Hall–Kier alpha value is -2.06. The molecule has 1 rings (SSSR count). The third kappa shape index (κ3) is 8.35. The number of para-hydroxylation sites is 1. The summed E-state index contributed by atoms with van der Waals surface area (Å²) in [6.07, 6.45) is 0. The van der Waals surface area contributed by atoms with E-state index in [9.17, 15) is 14.4 Å². The molecule has 0 spiro atoms. The fraction of sp³-hybridized carbons (Fsp3) is 0.500. The molecule has 0 saturated heterocycles. The summed E-state index contributed by atoms with van der Waals surface area (Å²) in [6.45, 7) is 1.97. The van der Waals surface area contributed by atoms with Crippen LogP contribution < -0.4 is 16.0 Å². The van der Waals surface area contributed by atoms with Crippen LogP contribution in [0.15, 0.2) is 30.3 Å². The molecule has 0 aromatic heterocycles. The van der Waals surface area contributed by atoms with Crippen molar-refractivity contribution in [3.05, 3.63) is 30.3 Å². The van der Waals surface area contributed by atoms with Gasteiger partial charge in [-0.15, -0.1) is 0 Å². The number of nitrogens with one attached hydrogen (secondary N) is 3. The topological polar surface area (TPSA) is 90.5 Å². The highest BCUT2D eigenvalue weighted by Crippen LogP contribution is 2.15. The van der Waals surface area contributed by atoms with Gasteiger partial charge in [0.25, 0.3) is 0 Å². The molecule has 1 aromatic rings. The minimum atomic E-state index is -0.611. The van der Waals surface area contributed by atoms with E-state index in [1.165, 1.54) is 25.7 Å². The van der Waals surface area contributed by atoms with E-state index in [2.05, 4.69) is 16.0 Å². The van der Waals surface area contributed by atoms with Crippen molar-refractivity contribution >= 4 is 35.2 Å². The molecule has 0 heterocycles. The van der Waals surface area contributed by atoms with Crippen LogP contribution in [0, 0.1) is 5.92 Å². The number of benzene rings is 1. The van der Waals surface area contributed by atoms with Gasteiger partial charge in [-0.25, -0.2) is 0 Å². The molecule has 7 nitrogen and oxygen atoms in total. The zero-order chi connectivity index (χ0) is 19.5. The van der Waals surface area contributed by atoms with Gasteiger partial charge in [-0.05, 0) is 26.2 Å². The van der Waals surface area contributed by atoms with E-state index >= 15 is 0 Å².